The van der Waals surface area contributed by atoms with E-state index in [4.69, 9.17) is 29.0 Å². The van der Waals surface area contributed by atoms with Crippen molar-refractivity contribution in [2.45, 2.75) is 51.1 Å². The van der Waals surface area contributed by atoms with Gasteiger partial charge >= 0.3 is 0 Å². The molecule has 0 aliphatic carbocycles. The molecule has 3 rings (SSSR count). The molecule has 134 valence electrons. The van der Waals surface area contributed by atoms with Crippen LogP contribution in [-0.2, 0) is 40.2 Å². The summed E-state index contributed by atoms with van der Waals surface area (Å²) >= 11 is 0. The maximum atomic E-state index is 5.59. The molecule has 2 saturated heterocycles. The first-order valence-electron chi connectivity index (χ1n) is 8.32. The highest BCUT2D eigenvalue weighted by molar-refractivity contribution is 5.30. The van der Waals surface area contributed by atoms with E-state index in [0.29, 0.717) is 13.2 Å². The molecule has 2 unspecified atom stereocenters. The van der Waals surface area contributed by atoms with Gasteiger partial charge in [-0.25, -0.2) is 19.6 Å². The third-order valence-electron chi connectivity index (χ3n) is 4.10. The molecule has 1 aromatic rings. The summed E-state index contributed by atoms with van der Waals surface area (Å²) in [6.07, 6.45) is 0.346. The summed E-state index contributed by atoms with van der Waals surface area (Å²) in [5.74, 6) is 0. The van der Waals surface area contributed by atoms with Crippen molar-refractivity contribution in [1.82, 2.24) is 0 Å². The van der Waals surface area contributed by atoms with Crippen LogP contribution in [-0.4, -0.2) is 38.6 Å². The van der Waals surface area contributed by atoms with Crippen LogP contribution in [0.5, 0.6) is 0 Å². The second-order valence-electron chi connectivity index (χ2n) is 7.25. The normalized spacial score (nSPS) is 23.3. The molecule has 0 amide bonds. The van der Waals surface area contributed by atoms with Gasteiger partial charge in [0.1, 0.15) is 36.6 Å². The van der Waals surface area contributed by atoms with Crippen LogP contribution in [0.4, 0.5) is 0 Å². The predicted molar refractivity (Wildman–Crippen MR) is 86.0 cm³/mol. The van der Waals surface area contributed by atoms with Gasteiger partial charge in [-0.15, -0.1) is 0 Å². The summed E-state index contributed by atoms with van der Waals surface area (Å²) in [6.45, 7) is 10.3. The van der Waals surface area contributed by atoms with Crippen molar-refractivity contribution in [1.29, 1.82) is 0 Å². The molecule has 2 fully saturated rings. The molecule has 0 spiro atoms. The van der Waals surface area contributed by atoms with E-state index in [9.17, 15) is 0 Å². The Balaban J connectivity index is 1.60. The van der Waals surface area contributed by atoms with Crippen LogP contribution in [0.1, 0.15) is 38.8 Å². The van der Waals surface area contributed by atoms with Gasteiger partial charge in [0.25, 0.3) is 0 Å². The number of hydrogen-bond acceptors (Lipinski definition) is 6. The van der Waals surface area contributed by atoms with Crippen molar-refractivity contribution in [3.05, 3.63) is 35.4 Å². The zero-order chi connectivity index (χ0) is 17.2. The summed E-state index contributed by atoms with van der Waals surface area (Å²) in [4.78, 5) is 21.8. The van der Waals surface area contributed by atoms with Crippen LogP contribution >= 0.6 is 0 Å². The van der Waals surface area contributed by atoms with Gasteiger partial charge in [-0.1, -0.05) is 18.2 Å². The van der Waals surface area contributed by atoms with Gasteiger partial charge in [0.05, 0.1) is 13.2 Å². The number of benzene rings is 1. The van der Waals surface area contributed by atoms with Gasteiger partial charge in [-0.3, -0.25) is 0 Å². The van der Waals surface area contributed by atoms with E-state index in [0.717, 1.165) is 24.3 Å². The summed E-state index contributed by atoms with van der Waals surface area (Å²) < 4.78 is 10.2. The first-order chi connectivity index (χ1) is 11.4. The molecule has 2 atom stereocenters. The van der Waals surface area contributed by atoms with Gasteiger partial charge < -0.3 is 9.47 Å². The minimum Gasteiger partial charge on any atom is -0.370 e. The Morgan fingerprint density at radius 2 is 1.29 bits per heavy atom. The molecule has 6 nitrogen and oxygen atoms in total. The van der Waals surface area contributed by atoms with Gasteiger partial charge in [0, 0.05) is 0 Å². The fraction of sp³-hybridized carbons (Fsp3) is 0.667. The van der Waals surface area contributed by atoms with E-state index in [2.05, 4.69) is 0 Å². The predicted octanol–water partition coefficient (Wildman–Crippen LogP) is 2.85. The highest BCUT2D eigenvalue weighted by Gasteiger charge is 2.30. The van der Waals surface area contributed by atoms with Crippen LogP contribution in [0.15, 0.2) is 24.3 Å². The molecule has 24 heavy (non-hydrogen) atoms. The molecule has 0 bridgehead atoms. The molecule has 0 radical (unpaired) electrons. The molecular weight excluding hydrogens is 312 g/mol. The maximum Gasteiger partial charge on any atom is 0.123 e. The highest BCUT2D eigenvalue weighted by Crippen LogP contribution is 2.31. The van der Waals surface area contributed by atoms with Crippen LogP contribution in [0.3, 0.4) is 0 Å². The second-order valence-corrected chi connectivity index (χ2v) is 7.25. The quantitative estimate of drug-likeness (QED) is 0.371. The zero-order valence-electron chi connectivity index (χ0n) is 14.7. The molecule has 6 heteroatoms. The molecule has 0 saturated carbocycles. The van der Waals surface area contributed by atoms with Crippen LogP contribution in [0.25, 0.3) is 0 Å². The maximum absolute atomic E-state index is 5.59. The monoisotopic (exact) mass is 338 g/mol. The third-order valence-corrected chi connectivity index (χ3v) is 4.10. The topological polar surface area (TPSA) is 62.0 Å². The van der Waals surface area contributed by atoms with Gasteiger partial charge in [0.2, 0.25) is 0 Å². The Morgan fingerprint density at radius 1 is 0.875 bits per heavy atom. The SMILES string of the molecule is CC(C)(OOCC1CO1)c1cccc(C(C)(C)OOCC2CO2)c1. The van der Waals surface area contributed by atoms with E-state index < -0.39 is 11.2 Å². The largest absolute Gasteiger partial charge is 0.370 e. The summed E-state index contributed by atoms with van der Waals surface area (Å²) in [7, 11) is 0. The fourth-order valence-corrected chi connectivity index (χ4v) is 2.21. The fourth-order valence-electron chi connectivity index (χ4n) is 2.21. The average molecular weight is 338 g/mol. The Bertz CT molecular complexity index is 503. The smallest absolute Gasteiger partial charge is 0.123 e. The molecule has 2 aliphatic heterocycles. The summed E-state index contributed by atoms with van der Waals surface area (Å²) in [6, 6.07) is 8.05. The Labute approximate surface area is 142 Å². The van der Waals surface area contributed by atoms with Crippen molar-refractivity contribution >= 4 is 0 Å². The van der Waals surface area contributed by atoms with Crippen molar-refractivity contribution in [3.8, 4) is 0 Å². The molecular formula is C18H26O6. The summed E-state index contributed by atoms with van der Waals surface area (Å²) in [5.41, 5.74) is 0.839. The van der Waals surface area contributed by atoms with Crippen molar-refractivity contribution in [2.75, 3.05) is 26.4 Å². The number of ether oxygens (including phenoxy) is 2. The van der Waals surface area contributed by atoms with E-state index in [1.165, 1.54) is 0 Å². The molecule has 1 aromatic carbocycles. The zero-order valence-corrected chi connectivity index (χ0v) is 14.7. The van der Waals surface area contributed by atoms with Crippen molar-refractivity contribution < 1.29 is 29.0 Å². The lowest BCUT2D eigenvalue weighted by Crippen LogP contribution is -2.26. The molecule has 2 heterocycles. The first kappa shape index (κ1) is 17.8. The first-order valence-corrected chi connectivity index (χ1v) is 8.32. The Kier molecular flexibility index (Phi) is 5.24. The number of hydrogen-bond donors (Lipinski definition) is 0. The number of rotatable bonds is 10. The van der Waals surface area contributed by atoms with Crippen LogP contribution < -0.4 is 0 Å². The highest BCUT2D eigenvalue weighted by atomic mass is 17.2. The lowest BCUT2D eigenvalue weighted by Gasteiger charge is -2.28. The van der Waals surface area contributed by atoms with E-state index >= 15 is 0 Å². The van der Waals surface area contributed by atoms with Crippen LogP contribution in [0.2, 0.25) is 0 Å². The van der Waals surface area contributed by atoms with Gasteiger partial charge in [-0.05, 0) is 44.9 Å². The van der Waals surface area contributed by atoms with Gasteiger partial charge in [0.15, 0.2) is 0 Å². The Morgan fingerprint density at radius 3 is 1.67 bits per heavy atom. The van der Waals surface area contributed by atoms with Crippen molar-refractivity contribution in [3.63, 3.8) is 0 Å². The van der Waals surface area contributed by atoms with Crippen molar-refractivity contribution in [2.24, 2.45) is 0 Å². The van der Waals surface area contributed by atoms with E-state index in [1.54, 1.807) is 0 Å². The molecule has 0 aromatic heterocycles. The average Bonchev–Trinajstić information content (AvgIpc) is 3.42. The standard InChI is InChI=1S/C18H26O6/c1-17(2,23-21-11-15-9-19-15)13-6-5-7-14(8-13)18(3,4)24-22-12-16-10-20-16/h5-8,15-16H,9-12H2,1-4H3. The third kappa shape index (κ3) is 4.99. The summed E-state index contributed by atoms with van der Waals surface area (Å²) in [5, 5.41) is 0. The lowest BCUT2D eigenvalue weighted by molar-refractivity contribution is -0.361. The minimum absolute atomic E-state index is 0.173. The van der Waals surface area contributed by atoms with E-state index in [1.807, 2.05) is 52.0 Å². The molecule has 2 aliphatic rings. The second kappa shape index (κ2) is 7.07. The molecule has 0 N–H and O–H groups in total. The Hall–Kier alpha value is -1.02. The lowest BCUT2D eigenvalue weighted by atomic mass is 9.91. The van der Waals surface area contributed by atoms with Gasteiger partial charge in [-0.2, -0.15) is 0 Å². The number of epoxide rings is 2. The van der Waals surface area contributed by atoms with E-state index in [-0.39, 0.29) is 12.2 Å². The minimum atomic E-state index is -0.580. The van der Waals surface area contributed by atoms with Crippen LogP contribution in [0, 0.1) is 0 Å².